The zero-order valence-electron chi connectivity index (χ0n) is 9.55. The molecular formula is C13H19NO. The Kier molecular flexibility index (Phi) is 3.27. The summed E-state index contributed by atoms with van der Waals surface area (Å²) >= 11 is 0. The maximum atomic E-state index is 5.27. The molecule has 15 heavy (non-hydrogen) atoms. The maximum absolute atomic E-state index is 5.27. The topological polar surface area (TPSA) is 21.3 Å². The van der Waals surface area contributed by atoms with E-state index in [0.29, 0.717) is 5.92 Å². The van der Waals surface area contributed by atoms with Gasteiger partial charge in [-0.25, -0.2) is 0 Å². The number of methoxy groups -OCH3 is 1. The third-order valence-corrected chi connectivity index (χ3v) is 3.19. The lowest BCUT2D eigenvalue weighted by molar-refractivity contribution is 0.410. The maximum Gasteiger partial charge on any atom is 0.121 e. The molecule has 0 radical (unpaired) electrons. The lowest BCUT2D eigenvalue weighted by Gasteiger charge is -2.23. The average molecular weight is 205 g/mol. The van der Waals surface area contributed by atoms with Crippen LogP contribution in [-0.4, -0.2) is 20.2 Å². The summed E-state index contributed by atoms with van der Waals surface area (Å²) in [5, 5.41) is 3.45. The highest BCUT2D eigenvalue weighted by Crippen LogP contribution is 2.27. The number of benzene rings is 1. The monoisotopic (exact) mass is 205 g/mol. The number of hydrogen-bond acceptors (Lipinski definition) is 2. The molecule has 0 unspecified atom stereocenters. The molecule has 0 aliphatic carbocycles. The number of piperidine rings is 1. The predicted octanol–water partition coefficient (Wildman–Crippen LogP) is 2.47. The normalized spacial score (nSPS) is 21.3. The standard InChI is InChI=1S/C13H19NO/c1-10-8-11(5-6-13(10)15-2)12-4-3-7-14-9-12/h5-6,8,12,14H,3-4,7,9H2,1-2H3/t12-/m1/s1. The Morgan fingerprint density at radius 2 is 2.27 bits per heavy atom. The summed E-state index contributed by atoms with van der Waals surface area (Å²) in [5.41, 5.74) is 2.68. The van der Waals surface area contributed by atoms with Crippen molar-refractivity contribution in [1.29, 1.82) is 0 Å². The molecule has 1 aliphatic heterocycles. The fourth-order valence-electron chi connectivity index (χ4n) is 2.29. The quantitative estimate of drug-likeness (QED) is 0.801. The molecule has 2 heteroatoms. The van der Waals surface area contributed by atoms with Gasteiger partial charge >= 0.3 is 0 Å². The van der Waals surface area contributed by atoms with Crippen molar-refractivity contribution in [2.24, 2.45) is 0 Å². The van der Waals surface area contributed by atoms with Crippen molar-refractivity contribution in [3.8, 4) is 5.75 Å². The Bertz CT molecular complexity index is 329. The molecule has 0 bridgehead atoms. The zero-order valence-corrected chi connectivity index (χ0v) is 9.55. The van der Waals surface area contributed by atoms with Gasteiger partial charge in [-0.15, -0.1) is 0 Å². The Morgan fingerprint density at radius 3 is 2.87 bits per heavy atom. The summed E-state index contributed by atoms with van der Waals surface area (Å²) in [4.78, 5) is 0. The Labute approximate surface area is 91.6 Å². The van der Waals surface area contributed by atoms with Crippen LogP contribution in [0.25, 0.3) is 0 Å². The van der Waals surface area contributed by atoms with Crippen LogP contribution in [0, 0.1) is 6.92 Å². The van der Waals surface area contributed by atoms with Gasteiger partial charge in [-0.2, -0.15) is 0 Å². The van der Waals surface area contributed by atoms with Crippen molar-refractivity contribution >= 4 is 0 Å². The summed E-state index contributed by atoms with van der Waals surface area (Å²) < 4.78 is 5.27. The van der Waals surface area contributed by atoms with E-state index in [2.05, 4.69) is 30.4 Å². The lowest BCUT2D eigenvalue weighted by Crippen LogP contribution is -2.28. The molecule has 0 saturated carbocycles. The number of ether oxygens (including phenoxy) is 1. The summed E-state index contributed by atoms with van der Waals surface area (Å²) in [7, 11) is 1.73. The summed E-state index contributed by atoms with van der Waals surface area (Å²) in [6.07, 6.45) is 2.59. The van der Waals surface area contributed by atoms with E-state index in [1.54, 1.807) is 7.11 Å². The van der Waals surface area contributed by atoms with Gasteiger partial charge in [0.2, 0.25) is 0 Å². The first-order valence-electron chi connectivity index (χ1n) is 5.66. The molecule has 1 aliphatic rings. The summed E-state index contributed by atoms with van der Waals surface area (Å²) in [6.45, 7) is 4.40. The fourth-order valence-corrected chi connectivity index (χ4v) is 2.29. The van der Waals surface area contributed by atoms with Crippen LogP contribution < -0.4 is 10.1 Å². The SMILES string of the molecule is COc1ccc([C@@H]2CCCNC2)cc1C. The molecular weight excluding hydrogens is 186 g/mol. The van der Waals surface area contributed by atoms with Crippen LogP contribution in [0.2, 0.25) is 0 Å². The minimum absolute atomic E-state index is 0.684. The average Bonchev–Trinajstić information content (AvgIpc) is 2.30. The van der Waals surface area contributed by atoms with Gasteiger partial charge in [0.05, 0.1) is 7.11 Å². The molecule has 1 saturated heterocycles. The molecule has 1 atom stereocenters. The van der Waals surface area contributed by atoms with Crippen LogP contribution in [0.3, 0.4) is 0 Å². The van der Waals surface area contributed by atoms with Gasteiger partial charge in [0, 0.05) is 6.54 Å². The van der Waals surface area contributed by atoms with E-state index in [1.807, 2.05) is 0 Å². The Balaban J connectivity index is 2.17. The molecule has 82 valence electrons. The largest absolute Gasteiger partial charge is 0.496 e. The van der Waals surface area contributed by atoms with Crippen LogP contribution in [-0.2, 0) is 0 Å². The van der Waals surface area contributed by atoms with Gasteiger partial charge in [0.15, 0.2) is 0 Å². The Morgan fingerprint density at radius 1 is 1.40 bits per heavy atom. The van der Waals surface area contributed by atoms with E-state index in [9.17, 15) is 0 Å². The van der Waals surface area contributed by atoms with Crippen LogP contribution in [0.1, 0.15) is 29.9 Å². The highest BCUT2D eigenvalue weighted by molar-refractivity contribution is 5.37. The van der Waals surface area contributed by atoms with Crippen molar-refractivity contribution in [2.75, 3.05) is 20.2 Å². The third-order valence-electron chi connectivity index (χ3n) is 3.19. The number of nitrogens with one attached hydrogen (secondary N) is 1. The third kappa shape index (κ3) is 2.32. The van der Waals surface area contributed by atoms with Gasteiger partial charge in [0.25, 0.3) is 0 Å². The van der Waals surface area contributed by atoms with Crippen LogP contribution in [0.5, 0.6) is 5.75 Å². The first kappa shape index (κ1) is 10.5. The number of aryl methyl sites for hydroxylation is 1. The molecule has 2 nitrogen and oxygen atoms in total. The first-order valence-corrected chi connectivity index (χ1v) is 5.66. The zero-order chi connectivity index (χ0) is 10.7. The van der Waals surface area contributed by atoms with Crippen LogP contribution in [0.15, 0.2) is 18.2 Å². The lowest BCUT2D eigenvalue weighted by atomic mass is 9.91. The van der Waals surface area contributed by atoms with Crippen molar-refractivity contribution in [1.82, 2.24) is 5.32 Å². The van der Waals surface area contributed by atoms with Gasteiger partial charge < -0.3 is 10.1 Å². The summed E-state index contributed by atoms with van der Waals surface area (Å²) in [6, 6.07) is 6.54. The van der Waals surface area contributed by atoms with Gasteiger partial charge in [0.1, 0.15) is 5.75 Å². The second-order valence-electron chi connectivity index (χ2n) is 4.27. The summed E-state index contributed by atoms with van der Waals surface area (Å²) in [5.74, 6) is 1.67. The second-order valence-corrected chi connectivity index (χ2v) is 4.27. The number of hydrogen-bond donors (Lipinski definition) is 1. The molecule has 1 heterocycles. The highest BCUT2D eigenvalue weighted by Gasteiger charge is 2.15. The molecule has 0 aromatic heterocycles. The molecule has 2 rings (SSSR count). The minimum atomic E-state index is 0.684. The first-order chi connectivity index (χ1) is 7.31. The van der Waals surface area contributed by atoms with Gasteiger partial charge in [-0.3, -0.25) is 0 Å². The Hall–Kier alpha value is -1.02. The van der Waals surface area contributed by atoms with Gasteiger partial charge in [-0.05, 0) is 49.4 Å². The van der Waals surface area contributed by atoms with E-state index >= 15 is 0 Å². The van der Waals surface area contributed by atoms with E-state index < -0.39 is 0 Å². The molecule has 1 aromatic carbocycles. The smallest absolute Gasteiger partial charge is 0.121 e. The molecule has 1 N–H and O–H groups in total. The molecule has 1 fully saturated rings. The van der Waals surface area contributed by atoms with E-state index in [4.69, 9.17) is 4.74 Å². The van der Waals surface area contributed by atoms with Gasteiger partial charge in [-0.1, -0.05) is 12.1 Å². The highest BCUT2D eigenvalue weighted by atomic mass is 16.5. The van der Waals surface area contributed by atoms with Crippen molar-refractivity contribution in [3.05, 3.63) is 29.3 Å². The molecule has 0 spiro atoms. The van der Waals surface area contributed by atoms with Crippen molar-refractivity contribution in [2.45, 2.75) is 25.7 Å². The van der Waals surface area contributed by atoms with E-state index in [-0.39, 0.29) is 0 Å². The molecule has 0 amide bonds. The fraction of sp³-hybridized carbons (Fsp3) is 0.538. The second kappa shape index (κ2) is 4.67. The predicted molar refractivity (Wildman–Crippen MR) is 62.6 cm³/mol. The van der Waals surface area contributed by atoms with Crippen LogP contribution >= 0.6 is 0 Å². The minimum Gasteiger partial charge on any atom is -0.496 e. The van der Waals surface area contributed by atoms with Crippen molar-refractivity contribution < 1.29 is 4.74 Å². The van der Waals surface area contributed by atoms with Crippen molar-refractivity contribution in [3.63, 3.8) is 0 Å². The van der Waals surface area contributed by atoms with E-state index in [0.717, 1.165) is 12.3 Å². The van der Waals surface area contributed by atoms with Crippen LogP contribution in [0.4, 0.5) is 0 Å². The van der Waals surface area contributed by atoms with E-state index in [1.165, 1.54) is 30.5 Å². The molecule has 1 aromatic rings. The number of rotatable bonds is 2.